The Morgan fingerprint density at radius 3 is 2.52 bits per heavy atom. The molecule has 5 nitrogen and oxygen atoms in total. The van der Waals surface area contributed by atoms with Crippen LogP contribution in [-0.2, 0) is 11.0 Å². The van der Waals surface area contributed by atoms with E-state index in [9.17, 15) is 23.1 Å². The van der Waals surface area contributed by atoms with Crippen molar-refractivity contribution in [2.45, 2.75) is 77.0 Å². The summed E-state index contributed by atoms with van der Waals surface area (Å²) in [7, 11) is 0. The molecule has 0 aromatic carbocycles. The van der Waals surface area contributed by atoms with Crippen molar-refractivity contribution in [2.75, 3.05) is 0 Å². The Kier molecular flexibility index (Phi) is 6.97. The maximum Gasteiger partial charge on any atom is 0.433 e. The number of hydrogen-bond acceptors (Lipinski definition) is 4. The molecule has 1 heterocycles. The van der Waals surface area contributed by atoms with E-state index in [4.69, 9.17) is 0 Å². The minimum Gasteiger partial charge on any atom is -0.389 e. The molecule has 0 bridgehead atoms. The summed E-state index contributed by atoms with van der Waals surface area (Å²) in [6, 6.07) is 2.13. The Hall–Kier alpha value is -1.96. The van der Waals surface area contributed by atoms with Crippen molar-refractivity contribution in [2.24, 2.45) is 4.99 Å². The summed E-state index contributed by atoms with van der Waals surface area (Å²) in [5.41, 5.74) is -1.54. The third kappa shape index (κ3) is 6.30. The van der Waals surface area contributed by atoms with Crippen molar-refractivity contribution in [3.63, 3.8) is 0 Å². The normalized spacial score (nSPS) is 17.6. The summed E-state index contributed by atoms with van der Waals surface area (Å²) in [4.78, 5) is 20.2. The summed E-state index contributed by atoms with van der Waals surface area (Å²) >= 11 is 0. The van der Waals surface area contributed by atoms with Crippen molar-refractivity contribution in [1.29, 1.82) is 0 Å². The van der Waals surface area contributed by atoms with Gasteiger partial charge in [-0.05, 0) is 38.3 Å². The van der Waals surface area contributed by atoms with Gasteiger partial charge >= 0.3 is 6.18 Å². The molecule has 0 unspecified atom stereocenters. The number of hydrogen-bond donors (Lipinski definition) is 2. The molecule has 2 N–H and O–H groups in total. The van der Waals surface area contributed by atoms with Gasteiger partial charge in [-0.2, -0.15) is 13.2 Å². The Morgan fingerprint density at radius 1 is 1.30 bits per heavy atom. The molecule has 0 atom stereocenters. The van der Waals surface area contributed by atoms with Crippen molar-refractivity contribution < 1.29 is 23.1 Å². The van der Waals surface area contributed by atoms with Crippen LogP contribution in [0.3, 0.4) is 0 Å². The Bertz CT molecular complexity index is 696. The summed E-state index contributed by atoms with van der Waals surface area (Å²) in [5.74, 6) is 0.0377. The molecule has 1 aromatic heterocycles. The number of amidine groups is 1. The average Bonchev–Trinajstić information content (AvgIpc) is 2.56. The van der Waals surface area contributed by atoms with E-state index in [1.165, 1.54) is 13.0 Å². The van der Waals surface area contributed by atoms with Gasteiger partial charge in [0.1, 0.15) is 11.5 Å². The van der Waals surface area contributed by atoms with E-state index in [-0.39, 0.29) is 23.7 Å². The molecule has 1 saturated carbocycles. The zero-order valence-electron chi connectivity index (χ0n) is 15.7. The summed E-state index contributed by atoms with van der Waals surface area (Å²) in [5, 5.41) is 13.2. The van der Waals surface area contributed by atoms with Crippen molar-refractivity contribution >= 4 is 17.4 Å². The number of aliphatic imine (C=N–C) groups is 1. The van der Waals surface area contributed by atoms with Gasteiger partial charge in [0.25, 0.3) is 0 Å². The van der Waals surface area contributed by atoms with Crippen LogP contribution in [0.2, 0.25) is 0 Å². The molecule has 2 rings (SSSR count). The van der Waals surface area contributed by atoms with E-state index in [0.29, 0.717) is 31.5 Å². The lowest BCUT2D eigenvalue weighted by Crippen LogP contribution is -2.40. The molecule has 8 heteroatoms. The summed E-state index contributed by atoms with van der Waals surface area (Å²) < 4.78 is 38.2. The monoisotopic (exact) mass is 385 g/mol. The average molecular weight is 385 g/mol. The molecular weight excluding hydrogens is 359 g/mol. The highest BCUT2D eigenvalue weighted by Crippen LogP contribution is 2.31. The van der Waals surface area contributed by atoms with Gasteiger partial charge in [-0.15, -0.1) is 0 Å². The highest BCUT2D eigenvalue weighted by atomic mass is 19.4. The lowest BCUT2D eigenvalue weighted by molar-refractivity contribution is -0.141. The van der Waals surface area contributed by atoms with Gasteiger partial charge in [-0.25, -0.2) is 9.98 Å². The summed E-state index contributed by atoms with van der Waals surface area (Å²) in [6.45, 7) is 3.36. The van der Waals surface area contributed by atoms with Crippen molar-refractivity contribution in [1.82, 2.24) is 10.3 Å². The SMILES string of the molecule is CCCC(=Nc1ccc(C(F)(F)F)nc1C)NC(=O)CC1(O)CCCCC1. The van der Waals surface area contributed by atoms with Crippen molar-refractivity contribution in [3.05, 3.63) is 23.5 Å². The highest BCUT2D eigenvalue weighted by Gasteiger charge is 2.33. The highest BCUT2D eigenvalue weighted by molar-refractivity contribution is 5.99. The minimum absolute atomic E-state index is 0.0000218. The quantitative estimate of drug-likeness (QED) is 0.581. The molecule has 0 saturated heterocycles. The molecule has 1 amide bonds. The standard InChI is InChI=1S/C19H26F3N3O2/c1-3-7-16(25-17(26)12-18(27)10-5-4-6-11-18)24-14-8-9-15(19(20,21)22)23-13(14)2/h8-9,27H,3-7,10-12H2,1-2H3,(H,24,25,26). The summed E-state index contributed by atoms with van der Waals surface area (Å²) in [6.07, 6.45) is 0.716. The van der Waals surface area contributed by atoms with E-state index in [0.717, 1.165) is 25.3 Å². The molecular formula is C19H26F3N3O2. The van der Waals surface area contributed by atoms with Crippen LogP contribution in [0, 0.1) is 6.92 Å². The van der Waals surface area contributed by atoms with Gasteiger partial charge in [-0.1, -0.05) is 26.2 Å². The Balaban J connectivity index is 2.13. The molecule has 0 aliphatic heterocycles. The van der Waals surface area contributed by atoms with E-state index in [1.807, 2.05) is 6.92 Å². The third-order valence-electron chi connectivity index (χ3n) is 4.65. The van der Waals surface area contributed by atoms with E-state index in [2.05, 4.69) is 15.3 Å². The maximum atomic E-state index is 12.7. The number of rotatable bonds is 5. The number of carbonyl (C=O) groups is 1. The Morgan fingerprint density at radius 2 is 1.96 bits per heavy atom. The van der Waals surface area contributed by atoms with E-state index in [1.54, 1.807) is 0 Å². The van der Waals surface area contributed by atoms with E-state index < -0.39 is 17.5 Å². The Labute approximate surface area is 157 Å². The molecule has 0 radical (unpaired) electrons. The molecule has 1 aliphatic carbocycles. The van der Waals surface area contributed by atoms with Crippen LogP contribution in [0.4, 0.5) is 18.9 Å². The largest absolute Gasteiger partial charge is 0.433 e. The number of aryl methyl sites for hydroxylation is 1. The molecule has 27 heavy (non-hydrogen) atoms. The fourth-order valence-electron chi connectivity index (χ4n) is 3.25. The first-order valence-corrected chi connectivity index (χ1v) is 9.27. The van der Waals surface area contributed by atoms with Gasteiger partial charge in [0.2, 0.25) is 5.91 Å². The smallest absolute Gasteiger partial charge is 0.389 e. The zero-order valence-corrected chi connectivity index (χ0v) is 15.7. The number of amides is 1. The second kappa shape index (κ2) is 8.82. The molecule has 0 spiro atoms. The minimum atomic E-state index is -4.51. The topological polar surface area (TPSA) is 74.6 Å². The molecule has 1 aromatic rings. The first kappa shape index (κ1) is 21.3. The number of nitrogens with zero attached hydrogens (tertiary/aromatic N) is 2. The number of aromatic nitrogens is 1. The zero-order chi connectivity index (χ0) is 20.1. The van der Waals surface area contributed by atoms with Gasteiger partial charge in [0.05, 0.1) is 23.4 Å². The first-order valence-electron chi connectivity index (χ1n) is 9.27. The first-order chi connectivity index (χ1) is 12.6. The van der Waals surface area contributed by atoms with Gasteiger partial charge in [0.15, 0.2) is 0 Å². The van der Waals surface area contributed by atoms with Gasteiger partial charge in [-0.3, -0.25) is 4.79 Å². The molecule has 1 fully saturated rings. The third-order valence-corrected chi connectivity index (χ3v) is 4.65. The number of halogens is 3. The van der Waals surface area contributed by atoms with Gasteiger partial charge < -0.3 is 10.4 Å². The second-order valence-electron chi connectivity index (χ2n) is 7.12. The fourth-order valence-corrected chi connectivity index (χ4v) is 3.25. The fraction of sp³-hybridized carbons (Fsp3) is 0.632. The van der Waals surface area contributed by atoms with Crippen molar-refractivity contribution in [3.8, 4) is 0 Å². The van der Waals surface area contributed by atoms with E-state index >= 15 is 0 Å². The van der Waals surface area contributed by atoms with Crippen LogP contribution < -0.4 is 5.32 Å². The van der Waals surface area contributed by atoms with Crippen LogP contribution in [0.15, 0.2) is 17.1 Å². The molecule has 1 aliphatic rings. The van der Waals surface area contributed by atoms with Crippen LogP contribution in [-0.4, -0.2) is 27.4 Å². The number of aliphatic hydroxyl groups is 1. The second-order valence-corrected chi connectivity index (χ2v) is 7.12. The predicted molar refractivity (Wildman–Crippen MR) is 96.8 cm³/mol. The molecule has 150 valence electrons. The maximum absolute atomic E-state index is 12.7. The van der Waals surface area contributed by atoms with Crippen LogP contribution in [0.5, 0.6) is 0 Å². The lowest BCUT2D eigenvalue weighted by Gasteiger charge is -2.31. The number of nitrogens with one attached hydrogen (secondary N) is 1. The lowest BCUT2D eigenvalue weighted by atomic mass is 9.82. The van der Waals surface area contributed by atoms with Crippen LogP contribution >= 0.6 is 0 Å². The van der Waals surface area contributed by atoms with Gasteiger partial charge in [0, 0.05) is 6.42 Å². The van der Waals surface area contributed by atoms with Crippen LogP contribution in [0.1, 0.15) is 69.7 Å². The number of alkyl halides is 3. The number of pyridine rings is 1. The predicted octanol–water partition coefficient (Wildman–Crippen LogP) is 4.44. The van der Waals surface area contributed by atoms with Crippen LogP contribution in [0.25, 0.3) is 0 Å². The number of carbonyl (C=O) groups excluding carboxylic acids is 1.